The van der Waals surface area contributed by atoms with Crippen LogP contribution >= 0.6 is 0 Å². The van der Waals surface area contributed by atoms with Crippen molar-refractivity contribution in [3.8, 4) is 5.75 Å². The second-order valence-corrected chi connectivity index (χ2v) is 8.15. The Balaban J connectivity index is 0. The van der Waals surface area contributed by atoms with E-state index in [2.05, 4.69) is 11.1 Å². The molecule has 0 aliphatic carbocycles. The molecule has 1 rings (SSSR count). The standard InChI is InChI=1S/C12H26O4S.C10H12O3.Na/c1-2-3-4-5-6-7-8-9-10-11-12-16-17(13,14)15;1-2-7-13-10(12)8-3-5-9(11)6-4-8;/h2-12H2,1H3,(H,13,14,15);3-6,11H,2,7H2,1H3;/q;;+1/p-1. The molecule has 0 saturated heterocycles. The Labute approximate surface area is 210 Å². The SMILES string of the molecule is CCCCCCCCCCCCOS(=O)(=O)[O-].CCCOC(=O)c1ccc(O)cc1.[Na+]. The van der Waals surface area contributed by atoms with Crippen LogP contribution in [0, 0.1) is 0 Å². The average Bonchev–Trinajstić information content (AvgIpc) is 2.70. The van der Waals surface area contributed by atoms with Gasteiger partial charge in [0, 0.05) is 0 Å². The third kappa shape index (κ3) is 22.3. The Morgan fingerprint density at radius 1 is 0.839 bits per heavy atom. The van der Waals surface area contributed by atoms with E-state index in [-0.39, 0.29) is 47.9 Å². The van der Waals surface area contributed by atoms with Crippen molar-refractivity contribution in [3.63, 3.8) is 0 Å². The van der Waals surface area contributed by atoms with Crippen molar-refractivity contribution >= 4 is 16.4 Å². The maximum atomic E-state index is 11.2. The maximum absolute atomic E-state index is 11.2. The molecule has 0 aromatic heterocycles. The van der Waals surface area contributed by atoms with Gasteiger partial charge in [-0.2, -0.15) is 0 Å². The van der Waals surface area contributed by atoms with Crippen molar-refractivity contribution in [3.05, 3.63) is 29.8 Å². The molecule has 0 aliphatic rings. The number of ether oxygens (including phenoxy) is 1. The van der Waals surface area contributed by atoms with Crippen LogP contribution in [0.5, 0.6) is 5.75 Å². The number of carbonyl (C=O) groups excluding carboxylic acids is 1. The van der Waals surface area contributed by atoms with Crippen LogP contribution in [0.1, 0.15) is 94.8 Å². The fraction of sp³-hybridized carbons (Fsp3) is 0.682. The van der Waals surface area contributed by atoms with Crippen LogP contribution in [-0.2, 0) is 19.3 Å². The van der Waals surface area contributed by atoms with Crippen molar-refractivity contribution in [2.45, 2.75) is 84.5 Å². The van der Waals surface area contributed by atoms with Gasteiger partial charge in [0.05, 0.1) is 18.8 Å². The molecule has 0 saturated carbocycles. The number of aromatic hydroxyl groups is 1. The minimum Gasteiger partial charge on any atom is -0.726 e. The van der Waals surface area contributed by atoms with E-state index >= 15 is 0 Å². The van der Waals surface area contributed by atoms with Crippen LogP contribution in [0.25, 0.3) is 0 Å². The van der Waals surface area contributed by atoms with E-state index in [9.17, 15) is 17.8 Å². The maximum Gasteiger partial charge on any atom is 1.00 e. The molecular weight excluding hydrogens is 431 g/mol. The first-order chi connectivity index (χ1) is 14.3. The summed E-state index contributed by atoms with van der Waals surface area (Å²) in [4.78, 5) is 11.2. The Bertz CT molecular complexity index is 648. The zero-order valence-corrected chi connectivity index (χ0v) is 22.1. The van der Waals surface area contributed by atoms with Crippen molar-refractivity contribution < 1.29 is 61.3 Å². The van der Waals surface area contributed by atoms with E-state index in [0.29, 0.717) is 18.6 Å². The van der Waals surface area contributed by atoms with E-state index in [0.717, 1.165) is 19.3 Å². The summed E-state index contributed by atoms with van der Waals surface area (Å²) in [6.07, 6.45) is 12.5. The largest absolute Gasteiger partial charge is 1.00 e. The summed E-state index contributed by atoms with van der Waals surface area (Å²) in [6, 6.07) is 5.99. The molecule has 0 bridgehead atoms. The van der Waals surface area contributed by atoms with E-state index in [1.807, 2.05) is 6.92 Å². The van der Waals surface area contributed by atoms with Gasteiger partial charge >= 0.3 is 35.5 Å². The number of hydrogen-bond acceptors (Lipinski definition) is 7. The van der Waals surface area contributed by atoms with Gasteiger partial charge in [0.1, 0.15) is 5.75 Å². The van der Waals surface area contributed by atoms with E-state index in [1.54, 1.807) is 0 Å². The number of esters is 1. The smallest absolute Gasteiger partial charge is 0.726 e. The first-order valence-electron chi connectivity index (χ1n) is 10.9. The van der Waals surface area contributed by atoms with Gasteiger partial charge in [-0.05, 0) is 37.1 Å². The monoisotopic (exact) mass is 468 g/mol. The third-order valence-electron chi connectivity index (χ3n) is 4.27. The normalized spacial score (nSPS) is 10.5. The van der Waals surface area contributed by atoms with Crippen LogP contribution in [0.4, 0.5) is 0 Å². The van der Waals surface area contributed by atoms with E-state index in [4.69, 9.17) is 9.84 Å². The third-order valence-corrected chi connectivity index (χ3v) is 4.72. The van der Waals surface area contributed by atoms with Gasteiger partial charge in [-0.1, -0.05) is 71.6 Å². The molecule has 0 fully saturated rings. The quantitative estimate of drug-likeness (QED) is 0.138. The van der Waals surface area contributed by atoms with Crippen molar-refractivity contribution in [2.24, 2.45) is 0 Å². The zero-order chi connectivity index (χ0) is 22.7. The number of benzene rings is 1. The average molecular weight is 469 g/mol. The topological polar surface area (TPSA) is 113 Å². The molecule has 0 atom stereocenters. The molecule has 174 valence electrons. The molecule has 9 heteroatoms. The predicted octanol–water partition coefficient (Wildman–Crippen LogP) is 2.35. The number of carbonyl (C=O) groups is 1. The minimum absolute atomic E-state index is 0. The van der Waals surface area contributed by atoms with Crippen LogP contribution in [0.15, 0.2) is 24.3 Å². The molecule has 31 heavy (non-hydrogen) atoms. The Morgan fingerprint density at radius 2 is 1.32 bits per heavy atom. The molecule has 0 spiro atoms. The van der Waals surface area contributed by atoms with E-state index in [1.165, 1.54) is 69.2 Å². The first-order valence-corrected chi connectivity index (χ1v) is 12.2. The summed E-state index contributed by atoms with van der Waals surface area (Å²) in [5.74, 6) is -0.200. The number of hydrogen-bond donors (Lipinski definition) is 1. The number of unbranched alkanes of at least 4 members (excludes halogenated alkanes) is 9. The fourth-order valence-corrected chi connectivity index (χ4v) is 2.95. The number of phenolic OH excluding ortho intramolecular Hbond substituents is 1. The molecular formula is C22H37NaO7S. The van der Waals surface area contributed by atoms with Crippen LogP contribution in [0.2, 0.25) is 0 Å². The predicted molar refractivity (Wildman–Crippen MR) is 116 cm³/mol. The van der Waals surface area contributed by atoms with Gasteiger partial charge in [-0.3, -0.25) is 4.18 Å². The van der Waals surface area contributed by atoms with Crippen LogP contribution < -0.4 is 29.6 Å². The molecule has 1 aromatic carbocycles. The van der Waals surface area contributed by atoms with E-state index < -0.39 is 10.4 Å². The van der Waals surface area contributed by atoms with Gasteiger partial charge in [0.2, 0.25) is 10.4 Å². The van der Waals surface area contributed by atoms with Crippen molar-refractivity contribution in [2.75, 3.05) is 13.2 Å². The molecule has 1 aromatic rings. The molecule has 0 amide bonds. The summed E-state index contributed by atoms with van der Waals surface area (Å²) in [6.45, 7) is 4.61. The van der Waals surface area contributed by atoms with Gasteiger partial charge in [0.15, 0.2) is 0 Å². The van der Waals surface area contributed by atoms with Gasteiger partial charge in [-0.15, -0.1) is 0 Å². The van der Waals surface area contributed by atoms with Gasteiger partial charge in [0.25, 0.3) is 0 Å². The van der Waals surface area contributed by atoms with Gasteiger partial charge < -0.3 is 14.4 Å². The Hall–Kier alpha value is -0.640. The summed E-state index contributed by atoms with van der Waals surface area (Å²) in [5, 5.41) is 8.96. The fourth-order valence-electron chi connectivity index (χ4n) is 2.63. The summed E-state index contributed by atoms with van der Waals surface area (Å²) in [5.41, 5.74) is 0.464. The molecule has 1 N–H and O–H groups in total. The molecule has 0 aliphatic heterocycles. The summed E-state index contributed by atoms with van der Waals surface area (Å²) < 4.78 is 39.4. The Kier molecular flexibility index (Phi) is 22.3. The number of rotatable bonds is 15. The zero-order valence-electron chi connectivity index (χ0n) is 19.3. The minimum atomic E-state index is -4.48. The van der Waals surface area contributed by atoms with Gasteiger partial charge in [-0.25, -0.2) is 13.2 Å². The summed E-state index contributed by atoms with van der Waals surface area (Å²) in [7, 11) is -4.48. The Morgan fingerprint density at radius 3 is 1.77 bits per heavy atom. The number of phenols is 1. The second kappa shape index (κ2) is 21.2. The van der Waals surface area contributed by atoms with Crippen molar-refractivity contribution in [1.82, 2.24) is 0 Å². The van der Waals surface area contributed by atoms with Crippen LogP contribution in [-0.4, -0.2) is 37.3 Å². The second-order valence-electron chi connectivity index (χ2n) is 7.09. The molecule has 0 radical (unpaired) electrons. The molecule has 0 heterocycles. The summed E-state index contributed by atoms with van der Waals surface area (Å²) >= 11 is 0. The van der Waals surface area contributed by atoms with Crippen LogP contribution in [0.3, 0.4) is 0 Å². The van der Waals surface area contributed by atoms with Crippen molar-refractivity contribution in [1.29, 1.82) is 0 Å². The first kappa shape index (κ1) is 32.5. The molecule has 0 unspecified atom stereocenters. The molecule has 7 nitrogen and oxygen atoms in total.